The lowest BCUT2D eigenvalue weighted by atomic mass is 9.39. The van der Waals surface area contributed by atoms with Crippen molar-refractivity contribution in [1.29, 1.82) is 0 Å². The summed E-state index contributed by atoms with van der Waals surface area (Å²) in [7, 11) is 1.83. The Morgan fingerprint density at radius 1 is 1.20 bits per heavy atom. The molecule has 0 aromatic heterocycles. The van der Waals surface area contributed by atoms with Crippen molar-refractivity contribution in [2.45, 2.75) is 101 Å². The smallest absolute Gasteiger partial charge is 0.165 e. The fourth-order valence-electron chi connectivity index (χ4n) is 9.50. The van der Waals surface area contributed by atoms with E-state index in [-0.39, 0.29) is 28.6 Å². The normalized spacial score (nSPS) is 44.7. The average Bonchev–Trinajstić information content (AvgIpc) is 2.90. The summed E-state index contributed by atoms with van der Waals surface area (Å²) in [6.07, 6.45) is 10.6. The number of hydrogen-bond acceptors (Lipinski definition) is 4. The second kappa shape index (κ2) is 5.95. The van der Waals surface area contributed by atoms with Gasteiger partial charge in [-0.15, -0.1) is 0 Å². The zero-order chi connectivity index (χ0) is 20.9. The number of aliphatic hydroxyl groups is 1. The number of fused-ring (bicyclic) bond motifs is 3. The van der Waals surface area contributed by atoms with Gasteiger partial charge in [-0.05, 0) is 81.3 Å². The highest BCUT2D eigenvalue weighted by Gasteiger charge is 2.78. The fraction of sp³-hybridized carbons (Fsp3) is 0.769. The van der Waals surface area contributed by atoms with Crippen molar-refractivity contribution in [2.24, 2.45) is 17.3 Å². The van der Waals surface area contributed by atoms with Crippen LogP contribution in [0.25, 0.3) is 0 Å². The number of hydrogen-bond donors (Lipinski definition) is 2. The van der Waals surface area contributed by atoms with Crippen molar-refractivity contribution >= 4 is 0 Å². The quantitative estimate of drug-likeness (QED) is 0.740. The summed E-state index contributed by atoms with van der Waals surface area (Å²) in [4.78, 5) is 0. The maximum atomic E-state index is 11.7. The van der Waals surface area contributed by atoms with Crippen LogP contribution in [0.1, 0.15) is 82.8 Å². The first kappa shape index (κ1) is 19.4. The van der Waals surface area contributed by atoms with E-state index in [2.05, 4.69) is 13.0 Å². The lowest BCUT2D eigenvalue weighted by molar-refractivity contribution is -0.226. The van der Waals surface area contributed by atoms with Crippen molar-refractivity contribution in [3.8, 4) is 11.5 Å². The van der Waals surface area contributed by atoms with Crippen LogP contribution >= 0.6 is 0 Å². The highest BCUT2D eigenvalue weighted by Crippen LogP contribution is 2.77. The summed E-state index contributed by atoms with van der Waals surface area (Å²) in [5.74, 6) is 1.71. The number of rotatable bonds is 4. The highest BCUT2D eigenvalue weighted by atomic mass is 16.6. The average molecular weight is 413 g/mol. The van der Waals surface area contributed by atoms with Gasteiger partial charge in [-0.2, -0.15) is 0 Å². The Balaban J connectivity index is 1.63. The Bertz CT molecular complexity index is 893. The minimum absolute atomic E-state index is 0.0421. The van der Waals surface area contributed by atoms with Crippen LogP contribution in [0.2, 0.25) is 0 Å². The van der Waals surface area contributed by atoms with Crippen LogP contribution in [0.4, 0.5) is 0 Å². The lowest BCUT2D eigenvalue weighted by Gasteiger charge is -2.65. The van der Waals surface area contributed by atoms with Crippen LogP contribution in [0.3, 0.4) is 0 Å². The van der Waals surface area contributed by atoms with E-state index in [1.165, 1.54) is 24.0 Å². The number of benzene rings is 1. The molecule has 0 radical (unpaired) electrons. The third kappa shape index (κ3) is 1.93. The molecule has 0 unspecified atom stereocenters. The van der Waals surface area contributed by atoms with Gasteiger partial charge in [-0.3, -0.25) is 0 Å². The van der Waals surface area contributed by atoms with Gasteiger partial charge in [-0.1, -0.05) is 25.8 Å². The Morgan fingerprint density at radius 2 is 2.03 bits per heavy atom. The zero-order valence-electron chi connectivity index (χ0n) is 18.7. The molecule has 7 atom stereocenters. The number of phenolic OH excluding ortho intramolecular Hbond substituents is 1. The summed E-state index contributed by atoms with van der Waals surface area (Å²) in [6.45, 7) is 4.18. The van der Waals surface area contributed by atoms with Gasteiger partial charge >= 0.3 is 0 Å². The van der Waals surface area contributed by atoms with Crippen molar-refractivity contribution in [3.05, 3.63) is 23.3 Å². The number of aromatic hydroxyl groups is 1. The van der Waals surface area contributed by atoms with E-state index in [0.29, 0.717) is 5.92 Å². The Labute approximate surface area is 180 Å². The third-order valence-corrected chi connectivity index (χ3v) is 10.4. The first-order chi connectivity index (χ1) is 14.4. The van der Waals surface area contributed by atoms with Crippen LogP contribution in [0.15, 0.2) is 12.1 Å². The largest absolute Gasteiger partial charge is 0.504 e. The van der Waals surface area contributed by atoms with Crippen LogP contribution in [-0.2, 0) is 16.6 Å². The van der Waals surface area contributed by atoms with Crippen LogP contribution in [-0.4, -0.2) is 34.6 Å². The number of ether oxygens (including phenoxy) is 2. The molecule has 4 bridgehead atoms. The minimum atomic E-state index is -0.780. The molecule has 1 aromatic carbocycles. The molecule has 4 fully saturated rings. The van der Waals surface area contributed by atoms with E-state index >= 15 is 0 Å². The minimum Gasteiger partial charge on any atom is -0.504 e. The zero-order valence-corrected chi connectivity index (χ0v) is 18.7. The molecule has 7 rings (SSSR count). The van der Waals surface area contributed by atoms with Crippen molar-refractivity contribution in [1.82, 2.24) is 0 Å². The van der Waals surface area contributed by atoms with Gasteiger partial charge in [0, 0.05) is 24.0 Å². The van der Waals surface area contributed by atoms with Gasteiger partial charge < -0.3 is 19.7 Å². The Hall–Kier alpha value is -1.26. The van der Waals surface area contributed by atoms with Gasteiger partial charge in [0.25, 0.3) is 0 Å². The SMILES string of the molecule is CCC[C@@](C)(O)[C@H]1CC[C@@]23CC[C@]1(OC)[C@@H]1Oc4c(O)ccc5c4[C@@]12CCC[C@@H]3C5. The first-order valence-corrected chi connectivity index (χ1v) is 12.2. The molecule has 4 heteroatoms. The fourth-order valence-corrected chi connectivity index (χ4v) is 9.50. The van der Waals surface area contributed by atoms with Crippen molar-refractivity contribution in [3.63, 3.8) is 0 Å². The molecular formula is C26H36O4. The van der Waals surface area contributed by atoms with E-state index in [9.17, 15) is 10.2 Å². The number of methoxy groups -OCH3 is 1. The van der Waals surface area contributed by atoms with Crippen LogP contribution < -0.4 is 4.74 Å². The van der Waals surface area contributed by atoms with Crippen LogP contribution in [0, 0.1) is 17.3 Å². The molecule has 6 aliphatic rings. The molecule has 30 heavy (non-hydrogen) atoms. The lowest BCUT2D eigenvalue weighted by Crippen LogP contribution is -2.71. The summed E-state index contributed by atoms with van der Waals surface area (Å²) in [5, 5.41) is 22.5. The van der Waals surface area contributed by atoms with Crippen molar-refractivity contribution in [2.75, 3.05) is 7.11 Å². The monoisotopic (exact) mass is 412 g/mol. The molecule has 0 saturated heterocycles. The van der Waals surface area contributed by atoms with E-state index in [4.69, 9.17) is 9.47 Å². The predicted octanol–water partition coefficient (Wildman–Crippen LogP) is 4.87. The maximum Gasteiger partial charge on any atom is 0.165 e. The Kier molecular flexibility index (Phi) is 3.85. The van der Waals surface area contributed by atoms with Gasteiger partial charge in [-0.25, -0.2) is 0 Å². The molecule has 1 heterocycles. The molecule has 0 amide bonds. The molecule has 5 aliphatic carbocycles. The first-order valence-electron chi connectivity index (χ1n) is 12.2. The van der Waals surface area contributed by atoms with Crippen LogP contribution in [0.5, 0.6) is 11.5 Å². The number of phenols is 1. The maximum absolute atomic E-state index is 11.7. The van der Waals surface area contributed by atoms with Gasteiger partial charge in [0.2, 0.25) is 0 Å². The summed E-state index contributed by atoms with van der Waals surface area (Å²) in [6, 6.07) is 3.98. The van der Waals surface area contributed by atoms with E-state index < -0.39 is 11.2 Å². The molecule has 2 spiro atoms. The summed E-state index contributed by atoms with van der Waals surface area (Å²) in [5.41, 5.74) is 1.53. The van der Waals surface area contributed by atoms with E-state index in [1.807, 2.05) is 20.1 Å². The van der Waals surface area contributed by atoms with Gasteiger partial charge in [0.05, 0.1) is 5.60 Å². The third-order valence-electron chi connectivity index (χ3n) is 10.4. The molecular weight excluding hydrogens is 376 g/mol. The van der Waals surface area contributed by atoms with Gasteiger partial charge in [0.15, 0.2) is 11.5 Å². The molecule has 1 aliphatic heterocycles. The van der Waals surface area contributed by atoms with E-state index in [1.54, 1.807) is 0 Å². The second-order valence-electron chi connectivity index (χ2n) is 11.2. The topological polar surface area (TPSA) is 58.9 Å². The standard InChI is InChI=1S/C26H36O4/c1-4-10-23(2,28)19-9-12-24-13-14-26(19,29-3)22-25(24)11-5-6-17(24)15-16-7-8-18(27)21(30-22)20(16)25/h7-8,17,19,22,27-28H,4-6,9-15H2,1-3H3/t17-,19-,22-,23-,24+,25+,26-/m1/s1. The second-order valence-corrected chi connectivity index (χ2v) is 11.2. The predicted molar refractivity (Wildman–Crippen MR) is 115 cm³/mol. The molecule has 4 nitrogen and oxygen atoms in total. The molecule has 164 valence electrons. The molecule has 4 saturated carbocycles. The molecule has 1 aromatic rings. The summed E-state index contributed by atoms with van der Waals surface area (Å²) >= 11 is 0. The van der Waals surface area contributed by atoms with Gasteiger partial charge in [0.1, 0.15) is 11.7 Å². The summed E-state index contributed by atoms with van der Waals surface area (Å²) < 4.78 is 13.3. The van der Waals surface area contributed by atoms with Crippen molar-refractivity contribution < 1.29 is 19.7 Å². The molecule has 2 N–H and O–H groups in total. The highest BCUT2D eigenvalue weighted by molar-refractivity contribution is 5.62. The Morgan fingerprint density at radius 3 is 2.80 bits per heavy atom. The van der Waals surface area contributed by atoms with E-state index in [0.717, 1.165) is 57.1 Å².